The highest BCUT2D eigenvalue weighted by molar-refractivity contribution is 6.26. The molecule has 11 aromatic rings. The van der Waals surface area contributed by atoms with Crippen LogP contribution in [-0.2, 0) is 0 Å². The van der Waals surface area contributed by atoms with E-state index in [1.807, 2.05) is 12.3 Å². The van der Waals surface area contributed by atoms with Crippen LogP contribution in [0.2, 0.25) is 0 Å². The zero-order valence-electron chi connectivity index (χ0n) is 27.6. The summed E-state index contributed by atoms with van der Waals surface area (Å²) in [6, 6.07) is 63.4. The molecular weight excluding hydrogens is 621 g/mol. The van der Waals surface area contributed by atoms with Crippen molar-refractivity contribution < 1.29 is 0 Å². The molecule has 0 fully saturated rings. The second-order valence-corrected chi connectivity index (χ2v) is 13.2. The minimum atomic E-state index is 0.961. The number of nitrogens with zero attached hydrogens (tertiary/aromatic N) is 4. The number of fused-ring (bicyclic) bond motifs is 10. The van der Waals surface area contributed by atoms with E-state index in [-0.39, 0.29) is 0 Å². The third-order valence-corrected chi connectivity index (χ3v) is 10.5. The molecule has 11 rings (SSSR count). The minimum absolute atomic E-state index is 0.961. The smallest absolute Gasteiger partial charge is 0.145 e. The summed E-state index contributed by atoms with van der Waals surface area (Å²) in [5.41, 5.74) is 12.7. The van der Waals surface area contributed by atoms with Gasteiger partial charge in [-0.1, -0.05) is 103 Å². The minimum Gasteiger partial charge on any atom is -0.309 e. The van der Waals surface area contributed by atoms with Crippen molar-refractivity contribution in [2.75, 3.05) is 0 Å². The van der Waals surface area contributed by atoms with Crippen LogP contribution in [0.3, 0.4) is 0 Å². The Balaban J connectivity index is 1.20. The van der Waals surface area contributed by atoms with Gasteiger partial charge in [-0.25, -0.2) is 4.98 Å². The van der Waals surface area contributed by atoms with Gasteiger partial charge in [0.05, 0.1) is 27.6 Å². The van der Waals surface area contributed by atoms with Gasteiger partial charge in [0, 0.05) is 55.6 Å². The van der Waals surface area contributed by atoms with Crippen molar-refractivity contribution in [3.63, 3.8) is 0 Å². The Bertz CT molecular complexity index is 3110. The molecule has 4 heterocycles. The largest absolute Gasteiger partial charge is 0.309 e. The molecule has 0 amide bonds. The normalized spacial score (nSPS) is 11.9. The van der Waals surface area contributed by atoms with Gasteiger partial charge in [0.15, 0.2) is 0 Å². The zero-order valence-corrected chi connectivity index (χ0v) is 27.6. The molecule has 4 nitrogen and oxygen atoms in total. The maximum absolute atomic E-state index is 4.86. The molecule has 4 heteroatoms. The van der Waals surface area contributed by atoms with E-state index in [9.17, 15) is 0 Å². The Hall–Kier alpha value is -6.91. The summed E-state index contributed by atoms with van der Waals surface area (Å²) in [6.45, 7) is 0. The molecule has 0 saturated heterocycles. The lowest BCUT2D eigenvalue weighted by Crippen LogP contribution is -1.96. The first-order chi connectivity index (χ1) is 25.3. The van der Waals surface area contributed by atoms with Gasteiger partial charge in [0.25, 0.3) is 0 Å². The summed E-state index contributed by atoms with van der Waals surface area (Å²) in [5.74, 6) is 0. The molecule has 0 aliphatic heterocycles. The van der Waals surface area contributed by atoms with Gasteiger partial charge in [-0.05, 0) is 83.9 Å². The van der Waals surface area contributed by atoms with Crippen molar-refractivity contribution in [3.8, 4) is 28.2 Å². The first-order valence-corrected chi connectivity index (χ1v) is 17.4. The van der Waals surface area contributed by atoms with Crippen LogP contribution in [-0.4, -0.2) is 18.7 Å². The number of rotatable bonds is 4. The number of para-hydroxylation sites is 3. The molecule has 51 heavy (non-hydrogen) atoms. The van der Waals surface area contributed by atoms with E-state index >= 15 is 0 Å². The van der Waals surface area contributed by atoms with Crippen molar-refractivity contribution in [2.24, 2.45) is 0 Å². The second kappa shape index (κ2) is 10.8. The van der Waals surface area contributed by atoms with E-state index in [2.05, 4.69) is 184 Å². The third kappa shape index (κ3) is 4.05. The number of aromatic nitrogens is 4. The Morgan fingerprint density at radius 1 is 0.333 bits per heavy atom. The van der Waals surface area contributed by atoms with Crippen LogP contribution in [0.4, 0.5) is 0 Å². The molecule has 0 aliphatic carbocycles. The number of pyridine rings is 1. The van der Waals surface area contributed by atoms with E-state index in [1.54, 1.807) is 0 Å². The highest BCUT2D eigenvalue weighted by Gasteiger charge is 2.22. The van der Waals surface area contributed by atoms with Crippen molar-refractivity contribution in [1.82, 2.24) is 18.7 Å². The number of benzene rings is 7. The molecule has 0 atom stereocenters. The number of hydrogen-bond donors (Lipinski definition) is 0. The van der Waals surface area contributed by atoms with Crippen molar-refractivity contribution in [2.45, 2.75) is 0 Å². The summed E-state index contributed by atoms with van der Waals surface area (Å²) in [7, 11) is 0. The lowest BCUT2D eigenvalue weighted by Gasteiger charge is -2.11. The monoisotopic (exact) mass is 650 g/mol. The van der Waals surface area contributed by atoms with Crippen LogP contribution in [0.1, 0.15) is 0 Å². The number of hydrogen-bond acceptors (Lipinski definition) is 1. The molecular formula is C47H30N4. The lowest BCUT2D eigenvalue weighted by atomic mass is 10.1. The lowest BCUT2D eigenvalue weighted by molar-refractivity contribution is 1.13. The van der Waals surface area contributed by atoms with E-state index in [4.69, 9.17) is 4.98 Å². The van der Waals surface area contributed by atoms with Crippen LogP contribution in [0.25, 0.3) is 93.7 Å². The van der Waals surface area contributed by atoms with E-state index < -0.39 is 0 Å². The highest BCUT2D eigenvalue weighted by atomic mass is 15.1. The molecule has 0 radical (unpaired) electrons. The van der Waals surface area contributed by atoms with E-state index in [0.29, 0.717) is 0 Å². The Morgan fingerprint density at radius 2 is 0.922 bits per heavy atom. The predicted molar refractivity (Wildman–Crippen MR) is 213 cm³/mol. The molecule has 7 aromatic carbocycles. The first kappa shape index (κ1) is 28.0. The summed E-state index contributed by atoms with van der Waals surface area (Å²) in [5, 5.41) is 7.30. The fourth-order valence-corrected chi connectivity index (χ4v) is 8.30. The summed E-state index contributed by atoms with van der Waals surface area (Å²) in [6.07, 6.45) is 1.88. The highest BCUT2D eigenvalue weighted by Crippen LogP contribution is 2.43. The SMILES string of the molecule is c1ccc(-c2ccc(-n3c4ccccc4c4ccc5c(c6ccccc6n5-c5ccc6c(c5)c5cccnc5n6-c5ccccc5)c43)cc2)cc1. The average Bonchev–Trinajstić information content (AvgIpc) is 3.84. The quantitative estimate of drug-likeness (QED) is 0.186. The van der Waals surface area contributed by atoms with Crippen LogP contribution in [0.5, 0.6) is 0 Å². The summed E-state index contributed by atoms with van der Waals surface area (Å²) < 4.78 is 7.17. The molecule has 0 saturated carbocycles. The van der Waals surface area contributed by atoms with E-state index in [0.717, 1.165) is 33.6 Å². The van der Waals surface area contributed by atoms with Crippen LogP contribution in [0, 0.1) is 0 Å². The summed E-state index contributed by atoms with van der Waals surface area (Å²) in [4.78, 5) is 4.86. The molecule has 0 aliphatic rings. The van der Waals surface area contributed by atoms with Crippen LogP contribution >= 0.6 is 0 Å². The maximum atomic E-state index is 4.86. The maximum Gasteiger partial charge on any atom is 0.145 e. The van der Waals surface area contributed by atoms with Crippen molar-refractivity contribution in [1.29, 1.82) is 0 Å². The molecule has 238 valence electrons. The molecule has 0 bridgehead atoms. The Morgan fingerprint density at radius 3 is 1.73 bits per heavy atom. The van der Waals surface area contributed by atoms with Gasteiger partial charge in [0.2, 0.25) is 0 Å². The average molecular weight is 651 g/mol. The van der Waals surface area contributed by atoms with Gasteiger partial charge < -0.3 is 9.13 Å². The fourth-order valence-electron chi connectivity index (χ4n) is 8.30. The van der Waals surface area contributed by atoms with Gasteiger partial charge >= 0.3 is 0 Å². The molecule has 0 spiro atoms. The topological polar surface area (TPSA) is 27.7 Å². The zero-order chi connectivity index (χ0) is 33.5. The van der Waals surface area contributed by atoms with Crippen molar-refractivity contribution in [3.05, 3.63) is 182 Å². The first-order valence-electron chi connectivity index (χ1n) is 17.4. The molecule has 0 N–H and O–H groups in total. The fraction of sp³-hybridized carbons (Fsp3) is 0. The van der Waals surface area contributed by atoms with E-state index in [1.165, 1.54) is 60.1 Å². The van der Waals surface area contributed by atoms with Gasteiger partial charge in [0.1, 0.15) is 5.65 Å². The van der Waals surface area contributed by atoms with Gasteiger partial charge in [-0.3, -0.25) is 4.57 Å². The molecule has 4 aromatic heterocycles. The van der Waals surface area contributed by atoms with Crippen LogP contribution in [0.15, 0.2) is 182 Å². The van der Waals surface area contributed by atoms with Gasteiger partial charge in [-0.2, -0.15) is 0 Å². The second-order valence-electron chi connectivity index (χ2n) is 13.2. The van der Waals surface area contributed by atoms with Gasteiger partial charge in [-0.15, -0.1) is 0 Å². The Labute approximate surface area is 293 Å². The van der Waals surface area contributed by atoms with Crippen LogP contribution < -0.4 is 0 Å². The standard InChI is InChI=1S/C47H30N4/c1-3-12-31(13-4-1)32-21-23-34(24-22-32)50-41-19-9-7-16-36(41)37-26-28-44-45(46(37)50)39-17-8-10-20-42(39)49(44)35-25-27-43-40(30-35)38-18-11-29-48-47(38)51(43)33-14-5-2-6-15-33/h1-30H. The van der Waals surface area contributed by atoms with Crippen molar-refractivity contribution >= 4 is 65.5 Å². The Kier molecular flexibility index (Phi) is 5.92. The summed E-state index contributed by atoms with van der Waals surface area (Å²) >= 11 is 0. The third-order valence-electron chi connectivity index (χ3n) is 10.5. The predicted octanol–water partition coefficient (Wildman–Crippen LogP) is 12.0. The molecule has 0 unspecified atom stereocenters.